The minimum absolute atomic E-state index is 0.0906. The quantitative estimate of drug-likeness (QED) is 0.451. The SMILES string of the molecule is C=CCOC(=O)/C=C/c1ccc(F)c(Oc2ccccc2)c1. The number of esters is 1. The number of benzene rings is 2. The van der Waals surface area contributed by atoms with E-state index in [0.29, 0.717) is 11.3 Å². The summed E-state index contributed by atoms with van der Waals surface area (Å²) in [6.07, 6.45) is 4.28. The lowest BCUT2D eigenvalue weighted by Gasteiger charge is -2.07. The van der Waals surface area contributed by atoms with Crippen LogP contribution in [0.4, 0.5) is 4.39 Å². The summed E-state index contributed by atoms with van der Waals surface area (Å²) >= 11 is 0. The number of para-hydroxylation sites is 1. The summed E-state index contributed by atoms with van der Waals surface area (Å²) in [5, 5.41) is 0. The van der Waals surface area contributed by atoms with Crippen LogP contribution < -0.4 is 4.74 Å². The fraction of sp³-hybridized carbons (Fsp3) is 0.0556. The van der Waals surface area contributed by atoms with Crippen molar-refractivity contribution in [1.82, 2.24) is 0 Å². The smallest absolute Gasteiger partial charge is 0.331 e. The summed E-state index contributed by atoms with van der Waals surface area (Å²) in [6, 6.07) is 13.2. The minimum atomic E-state index is -0.491. The molecule has 0 amide bonds. The van der Waals surface area contributed by atoms with Gasteiger partial charge < -0.3 is 9.47 Å². The molecule has 22 heavy (non-hydrogen) atoms. The summed E-state index contributed by atoms with van der Waals surface area (Å²) in [5.41, 5.74) is 0.628. The van der Waals surface area contributed by atoms with Crippen LogP contribution in [0.15, 0.2) is 67.3 Å². The van der Waals surface area contributed by atoms with Crippen molar-refractivity contribution in [3.05, 3.63) is 78.6 Å². The van der Waals surface area contributed by atoms with Gasteiger partial charge in [-0.2, -0.15) is 0 Å². The average molecular weight is 298 g/mol. The first-order valence-electron chi connectivity index (χ1n) is 6.67. The topological polar surface area (TPSA) is 35.5 Å². The molecule has 0 unspecified atom stereocenters. The fourth-order valence-corrected chi connectivity index (χ4v) is 1.67. The van der Waals surface area contributed by atoms with Crippen LogP contribution in [0, 0.1) is 5.82 Å². The molecule has 0 N–H and O–H groups in total. The molecule has 0 heterocycles. The molecule has 2 aromatic carbocycles. The van der Waals surface area contributed by atoms with E-state index in [1.807, 2.05) is 6.07 Å². The number of carbonyl (C=O) groups is 1. The van der Waals surface area contributed by atoms with E-state index >= 15 is 0 Å². The number of hydrogen-bond acceptors (Lipinski definition) is 3. The highest BCUT2D eigenvalue weighted by molar-refractivity contribution is 5.87. The molecule has 0 radical (unpaired) electrons. The maximum atomic E-state index is 13.8. The summed E-state index contributed by atoms with van der Waals surface area (Å²) in [6.45, 7) is 3.60. The first kappa shape index (κ1) is 15.5. The van der Waals surface area contributed by atoms with Crippen LogP contribution in [0.25, 0.3) is 6.08 Å². The van der Waals surface area contributed by atoms with Crippen molar-refractivity contribution >= 4 is 12.0 Å². The third kappa shape index (κ3) is 4.59. The molecule has 0 saturated carbocycles. The molecule has 112 valence electrons. The Balaban J connectivity index is 2.11. The zero-order valence-electron chi connectivity index (χ0n) is 11.9. The van der Waals surface area contributed by atoms with Crippen LogP contribution in [-0.4, -0.2) is 12.6 Å². The first-order valence-corrected chi connectivity index (χ1v) is 6.67. The lowest BCUT2D eigenvalue weighted by molar-refractivity contribution is -0.136. The fourth-order valence-electron chi connectivity index (χ4n) is 1.67. The standard InChI is InChI=1S/C18H15FO3/c1-2-12-21-18(20)11-9-14-8-10-16(19)17(13-14)22-15-6-4-3-5-7-15/h2-11,13H,1,12H2/b11-9+. The second-order valence-electron chi connectivity index (χ2n) is 4.36. The van der Waals surface area contributed by atoms with Crippen molar-refractivity contribution in [3.63, 3.8) is 0 Å². The maximum Gasteiger partial charge on any atom is 0.331 e. The van der Waals surface area contributed by atoms with Gasteiger partial charge in [-0.25, -0.2) is 9.18 Å². The van der Waals surface area contributed by atoms with Crippen LogP contribution >= 0.6 is 0 Å². The number of hydrogen-bond donors (Lipinski definition) is 0. The van der Waals surface area contributed by atoms with Gasteiger partial charge in [-0.3, -0.25) is 0 Å². The van der Waals surface area contributed by atoms with Gasteiger partial charge >= 0.3 is 5.97 Å². The van der Waals surface area contributed by atoms with Gasteiger partial charge in [-0.05, 0) is 35.9 Å². The molecular formula is C18H15FO3. The van der Waals surface area contributed by atoms with E-state index in [1.54, 1.807) is 30.3 Å². The summed E-state index contributed by atoms with van der Waals surface area (Å²) in [7, 11) is 0. The van der Waals surface area contributed by atoms with Crippen LogP contribution in [0.2, 0.25) is 0 Å². The molecule has 0 aliphatic rings. The zero-order valence-corrected chi connectivity index (χ0v) is 11.9. The normalized spacial score (nSPS) is 10.4. The molecule has 0 aliphatic heterocycles. The monoisotopic (exact) mass is 298 g/mol. The van der Waals surface area contributed by atoms with Crippen molar-refractivity contribution in [3.8, 4) is 11.5 Å². The molecule has 2 aromatic rings. The molecule has 3 nitrogen and oxygen atoms in total. The van der Waals surface area contributed by atoms with Crippen LogP contribution in [0.5, 0.6) is 11.5 Å². The third-order valence-electron chi connectivity index (χ3n) is 2.68. The molecule has 0 aromatic heterocycles. The van der Waals surface area contributed by atoms with E-state index < -0.39 is 11.8 Å². The molecular weight excluding hydrogens is 283 g/mol. The summed E-state index contributed by atoms with van der Waals surface area (Å²) in [4.78, 5) is 11.4. The molecule has 2 rings (SSSR count). The van der Waals surface area contributed by atoms with Gasteiger partial charge in [-0.1, -0.05) is 36.9 Å². The van der Waals surface area contributed by atoms with E-state index in [2.05, 4.69) is 6.58 Å². The number of halogens is 1. The zero-order chi connectivity index (χ0) is 15.8. The highest BCUT2D eigenvalue weighted by Gasteiger charge is 2.05. The van der Waals surface area contributed by atoms with Gasteiger partial charge in [0.25, 0.3) is 0 Å². The molecule has 0 spiro atoms. The molecule has 0 bridgehead atoms. The molecule has 0 atom stereocenters. The van der Waals surface area contributed by atoms with E-state index in [1.165, 1.54) is 30.4 Å². The van der Waals surface area contributed by atoms with Gasteiger partial charge in [0, 0.05) is 6.08 Å². The Hall–Kier alpha value is -2.88. The molecule has 0 fully saturated rings. The largest absolute Gasteiger partial charge is 0.458 e. The number of rotatable bonds is 6. The molecule has 4 heteroatoms. The first-order chi connectivity index (χ1) is 10.7. The van der Waals surface area contributed by atoms with Crippen LogP contribution in [-0.2, 0) is 9.53 Å². The Bertz CT molecular complexity index is 678. The van der Waals surface area contributed by atoms with Crippen molar-refractivity contribution in [2.75, 3.05) is 6.61 Å². The number of carbonyl (C=O) groups excluding carboxylic acids is 1. The summed E-state index contributed by atoms with van der Waals surface area (Å²) < 4.78 is 24.1. The maximum absolute atomic E-state index is 13.8. The van der Waals surface area contributed by atoms with Gasteiger partial charge in [-0.15, -0.1) is 0 Å². The van der Waals surface area contributed by atoms with Gasteiger partial charge in [0.15, 0.2) is 11.6 Å². The van der Waals surface area contributed by atoms with E-state index in [4.69, 9.17) is 9.47 Å². The average Bonchev–Trinajstić information content (AvgIpc) is 2.54. The van der Waals surface area contributed by atoms with Gasteiger partial charge in [0.2, 0.25) is 0 Å². The van der Waals surface area contributed by atoms with E-state index in [0.717, 1.165) is 0 Å². The van der Waals surface area contributed by atoms with Gasteiger partial charge in [0.1, 0.15) is 12.4 Å². The Morgan fingerprint density at radius 3 is 2.68 bits per heavy atom. The Morgan fingerprint density at radius 2 is 1.95 bits per heavy atom. The lowest BCUT2D eigenvalue weighted by Crippen LogP contribution is -1.99. The van der Waals surface area contributed by atoms with Crippen molar-refractivity contribution in [1.29, 1.82) is 0 Å². The predicted molar refractivity (Wildman–Crippen MR) is 83.1 cm³/mol. The highest BCUT2D eigenvalue weighted by Crippen LogP contribution is 2.25. The predicted octanol–water partition coefficient (Wildman–Crippen LogP) is 4.36. The molecule has 0 aliphatic carbocycles. The summed E-state index contributed by atoms with van der Waals surface area (Å²) in [5.74, 6) is -0.342. The second-order valence-corrected chi connectivity index (χ2v) is 4.36. The Morgan fingerprint density at radius 1 is 1.18 bits per heavy atom. The lowest BCUT2D eigenvalue weighted by atomic mass is 10.2. The minimum Gasteiger partial charge on any atom is -0.458 e. The third-order valence-corrected chi connectivity index (χ3v) is 2.68. The van der Waals surface area contributed by atoms with Crippen LogP contribution in [0.3, 0.4) is 0 Å². The molecule has 0 saturated heterocycles. The highest BCUT2D eigenvalue weighted by atomic mass is 19.1. The second kappa shape index (κ2) is 7.78. The Labute approximate surface area is 128 Å². The van der Waals surface area contributed by atoms with Crippen molar-refractivity contribution in [2.45, 2.75) is 0 Å². The van der Waals surface area contributed by atoms with Crippen LogP contribution in [0.1, 0.15) is 5.56 Å². The van der Waals surface area contributed by atoms with E-state index in [-0.39, 0.29) is 12.4 Å². The van der Waals surface area contributed by atoms with Gasteiger partial charge in [0.05, 0.1) is 0 Å². The Kier molecular flexibility index (Phi) is 5.49. The van der Waals surface area contributed by atoms with Crippen molar-refractivity contribution < 1.29 is 18.7 Å². The van der Waals surface area contributed by atoms with Crippen molar-refractivity contribution in [2.24, 2.45) is 0 Å². The van der Waals surface area contributed by atoms with E-state index in [9.17, 15) is 9.18 Å². The number of ether oxygens (including phenoxy) is 2.